The predicted octanol–water partition coefficient (Wildman–Crippen LogP) is 5.15. The molecule has 3 aromatic rings. The summed E-state index contributed by atoms with van der Waals surface area (Å²) >= 11 is 0. The van der Waals surface area contributed by atoms with E-state index in [1.165, 1.54) is 13.2 Å². The lowest BCUT2D eigenvalue weighted by Crippen LogP contribution is -2.15. The van der Waals surface area contributed by atoms with Crippen LogP contribution in [0.25, 0.3) is 10.9 Å². The molecule has 0 amide bonds. The van der Waals surface area contributed by atoms with Gasteiger partial charge in [-0.25, -0.2) is 9.97 Å². The molecule has 148 valence electrons. The van der Waals surface area contributed by atoms with Crippen LogP contribution in [0.3, 0.4) is 0 Å². The third-order valence-corrected chi connectivity index (χ3v) is 4.45. The molecule has 0 aliphatic carbocycles. The van der Waals surface area contributed by atoms with Crippen molar-refractivity contribution in [2.45, 2.75) is 26.1 Å². The highest BCUT2D eigenvalue weighted by Crippen LogP contribution is 2.35. The van der Waals surface area contributed by atoms with Crippen LogP contribution < -0.4 is 14.8 Å². The van der Waals surface area contributed by atoms with Gasteiger partial charge in [0, 0.05) is 5.39 Å². The highest BCUT2D eigenvalue weighted by molar-refractivity contribution is 5.89. The van der Waals surface area contributed by atoms with Crippen LogP contribution in [0.2, 0.25) is 0 Å². The summed E-state index contributed by atoms with van der Waals surface area (Å²) in [6.07, 6.45) is -4.64. The molecular formula is C20H20F3N3O2. The average Bonchev–Trinajstić information content (AvgIpc) is 2.66. The van der Waals surface area contributed by atoms with E-state index in [0.717, 1.165) is 11.1 Å². The fourth-order valence-electron chi connectivity index (χ4n) is 3.06. The fraction of sp³-hybridized carbons (Fsp3) is 0.300. The zero-order chi connectivity index (χ0) is 20.5. The molecule has 0 saturated carbocycles. The van der Waals surface area contributed by atoms with Gasteiger partial charge in [0.1, 0.15) is 5.82 Å². The lowest BCUT2D eigenvalue weighted by atomic mass is 10.0. The van der Waals surface area contributed by atoms with Gasteiger partial charge >= 0.3 is 6.18 Å². The highest BCUT2D eigenvalue weighted by atomic mass is 19.4. The number of aryl methyl sites for hydroxylation is 1. The summed E-state index contributed by atoms with van der Waals surface area (Å²) in [6, 6.07) is 9.89. The van der Waals surface area contributed by atoms with Gasteiger partial charge in [0.25, 0.3) is 0 Å². The van der Waals surface area contributed by atoms with Crippen molar-refractivity contribution in [3.8, 4) is 11.5 Å². The van der Waals surface area contributed by atoms with E-state index >= 15 is 0 Å². The first-order valence-electron chi connectivity index (χ1n) is 8.57. The van der Waals surface area contributed by atoms with Gasteiger partial charge in [0.05, 0.1) is 25.8 Å². The largest absolute Gasteiger partial charge is 0.493 e. The maximum Gasteiger partial charge on any atom is 0.451 e. The Kier molecular flexibility index (Phi) is 5.31. The smallest absolute Gasteiger partial charge is 0.451 e. The number of fused-ring (bicyclic) bond motifs is 1. The van der Waals surface area contributed by atoms with Gasteiger partial charge in [0.2, 0.25) is 5.82 Å². The number of hydrogen-bond donors (Lipinski definition) is 1. The van der Waals surface area contributed by atoms with Crippen molar-refractivity contribution >= 4 is 16.7 Å². The molecule has 1 N–H and O–H groups in total. The van der Waals surface area contributed by atoms with Gasteiger partial charge in [0.15, 0.2) is 11.5 Å². The number of anilines is 1. The van der Waals surface area contributed by atoms with E-state index in [-0.39, 0.29) is 17.4 Å². The van der Waals surface area contributed by atoms with Crippen LogP contribution in [0.15, 0.2) is 36.4 Å². The molecule has 0 saturated heterocycles. The van der Waals surface area contributed by atoms with Crippen molar-refractivity contribution in [2.75, 3.05) is 19.5 Å². The van der Waals surface area contributed by atoms with Crippen molar-refractivity contribution in [3.05, 3.63) is 53.3 Å². The van der Waals surface area contributed by atoms with Gasteiger partial charge < -0.3 is 14.8 Å². The van der Waals surface area contributed by atoms with Crippen molar-refractivity contribution in [1.29, 1.82) is 0 Å². The molecule has 0 radical (unpaired) electrons. The monoisotopic (exact) mass is 391 g/mol. The van der Waals surface area contributed by atoms with Crippen LogP contribution in [0.5, 0.6) is 11.5 Å². The summed E-state index contributed by atoms with van der Waals surface area (Å²) in [4.78, 5) is 7.38. The molecule has 2 aromatic carbocycles. The molecule has 1 heterocycles. The van der Waals surface area contributed by atoms with Gasteiger partial charge in [-0.3, -0.25) is 0 Å². The molecule has 0 fully saturated rings. The van der Waals surface area contributed by atoms with Gasteiger partial charge in [-0.15, -0.1) is 0 Å². The summed E-state index contributed by atoms with van der Waals surface area (Å²) in [5.74, 6) is 0.0765. The number of nitrogens with one attached hydrogen (secondary N) is 1. The summed E-state index contributed by atoms with van der Waals surface area (Å²) in [7, 11) is 3.08. The standard InChI is InChI=1S/C20H20F3N3O2/c1-11-9-16(27-3)17(28-4)10-14(11)12(2)24-18-13-7-5-6-8-15(13)25-19(26-18)20(21,22)23/h5-10,12H,1-4H3,(H,24,25,26). The Balaban J connectivity index is 2.05. The van der Waals surface area contributed by atoms with Crippen molar-refractivity contribution in [1.82, 2.24) is 9.97 Å². The second-order valence-corrected chi connectivity index (χ2v) is 6.34. The molecular weight excluding hydrogens is 371 g/mol. The molecule has 5 nitrogen and oxygen atoms in total. The molecule has 1 unspecified atom stereocenters. The number of benzene rings is 2. The quantitative estimate of drug-likeness (QED) is 0.652. The zero-order valence-corrected chi connectivity index (χ0v) is 15.9. The maximum atomic E-state index is 13.2. The first-order chi connectivity index (χ1) is 13.2. The number of rotatable bonds is 5. The number of methoxy groups -OCH3 is 2. The van der Waals surface area contributed by atoms with E-state index in [0.29, 0.717) is 16.9 Å². The number of ether oxygens (including phenoxy) is 2. The Morgan fingerprint density at radius 1 is 1.00 bits per heavy atom. The predicted molar refractivity (Wildman–Crippen MR) is 101 cm³/mol. The lowest BCUT2D eigenvalue weighted by molar-refractivity contribution is -0.144. The third-order valence-electron chi connectivity index (χ3n) is 4.45. The Bertz CT molecular complexity index is 1010. The topological polar surface area (TPSA) is 56.3 Å². The number of alkyl halides is 3. The van der Waals surface area contributed by atoms with Crippen molar-refractivity contribution < 1.29 is 22.6 Å². The van der Waals surface area contributed by atoms with E-state index in [1.54, 1.807) is 31.4 Å². The van der Waals surface area contributed by atoms with Gasteiger partial charge in [-0.05, 0) is 49.2 Å². The van der Waals surface area contributed by atoms with Crippen LogP contribution in [0.4, 0.5) is 19.0 Å². The van der Waals surface area contributed by atoms with Crippen molar-refractivity contribution in [3.63, 3.8) is 0 Å². The maximum absolute atomic E-state index is 13.2. The second kappa shape index (κ2) is 7.53. The molecule has 0 aliphatic heterocycles. The fourth-order valence-corrected chi connectivity index (χ4v) is 3.06. The van der Waals surface area contributed by atoms with E-state index in [9.17, 15) is 13.2 Å². The molecule has 8 heteroatoms. The minimum absolute atomic E-state index is 0.125. The number of para-hydroxylation sites is 1. The third kappa shape index (κ3) is 3.81. The van der Waals surface area contributed by atoms with Crippen LogP contribution in [0, 0.1) is 6.92 Å². The zero-order valence-electron chi connectivity index (χ0n) is 15.9. The number of nitrogens with zero attached hydrogens (tertiary/aromatic N) is 2. The molecule has 0 bridgehead atoms. The summed E-state index contributed by atoms with van der Waals surface area (Å²) in [6.45, 7) is 3.74. The minimum atomic E-state index is -4.64. The summed E-state index contributed by atoms with van der Waals surface area (Å²) in [5, 5.41) is 3.61. The molecule has 0 aliphatic rings. The average molecular weight is 391 g/mol. The van der Waals surface area contributed by atoms with E-state index in [4.69, 9.17) is 9.47 Å². The Morgan fingerprint density at radius 2 is 1.64 bits per heavy atom. The molecule has 1 atom stereocenters. The molecule has 0 spiro atoms. The second-order valence-electron chi connectivity index (χ2n) is 6.34. The van der Waals surface area contributed by atoms with E-state index in [2.05, 4.69) is 15.3 Å². The van der Waals surface area contributed by atoms with Crippen LogP contribution >= 0.6 is 0 Å². The molecule has 1 aromatic heterocycles. The van der Waals surface area contributed by atoms with Crippen LogP contribution in [-0.2, 0) is 6.18 Å². The number of halogens is 3. The summed E-state index contributed by atoms with van der Waals surface area (Å²) in [5.41, 5.74) is 1.99. The van der Waals surface area contributed by atoms with E-state index < -0.39 is 12.0 Å². The Labute approximate surface area is 160 Å². The SMILES string of the molecule is COc1cc(C)c(C(C)Nc2nc(C(F)(F)F)nc3ccccc23)cc1OC. The van der Waals surface area contributed by atoms with Gasteiger partial charge in [-0.2, -0.15) is 13.2 Å². The van der Waals surface area contributed by atoms with Gasteiger partial charge in [-0.1, -0.05) is 12.1 Å². The Morgan fingerprint density at radius 3 is 2.29 bits per heavy atom. The highest BCUT2D eigenvalue weighted by Gasteiger charge is 2.35. The first-order valence-corrected chi connectivity index (χ1v) is 8.57. The molecule has 3 rings (SSSR count). The van der Waals surface area contributed by atoms with E-state index in [1.807, 2.05) is 19.9 Å². The number of aromatic nitrogens is 2. The van der Waals surface area contributed by atoms with Crippen LogP contribution in [0.1, 0.15) is 29.9 Å². The van der Waals surface area contributed by atoms with Crippen molar-refractivity contribution in [2.24, 2.45) is 0 Å². The number of hydrogen-bond acceptors (Lipinski definition) is 5. The lowest BCUT2D eigenvalue weighted by Gasteiger charge is -2.21. The Hall–Kier alpha value is -3.03. The summed E-state index contributed by atoms with van der Waals surface area (Å²) < 4.78 is 50.3. The normalized spacial score (nSPS) is 12.7. The molecule has 28 heavy (non-hydrogen) atoms. The van der Waals surface area contributed by atoms with Crippen LogP contribution in [-0.4, -0.2) is 24.2 Å². The first kappa shape index (κ1) is 19.7. The minimum Gasteiger partial charge on any atom is -0.493 e.